The molecule has 2 heterocycles. The minimum absolute atomic E-state index is 0.0644. The monoisotopic (exact) mass is 495 g/mol. The first-order valence-corrected chi connectivity index (χ1v) is 12.3. The van der Waals surface area contributed by atoms with Gasteiger partial charge in [-0.2, -0.15) is 0 Å². The lowest BCUT2D eigenvalue weighted by molar-refractivity contribution is 0.0971. The van der Waals surface area contributed by atoms with Crippen molar-refractivity contribution in [2.45, 2.75) is 33.7 Å². The standard InChI is InChI=1S/C31H29NO5/c1-6-14-36-25-13-10-21(17-26(25)35-7-2)28-27-29(33)23-15-18(3)8-12-24(23)37-30(27)31(34)32(28)22-11-9-19(4)20(5)16-22/h6,8-13,15-17,28H,1,7,14H2,2-5H3. The predicted octanol–water partition coefficient (Wildman–Crippen LogP) is 6.43. The zero-order valence-electron chi connectivity index (χ0n) is 21.5. The van der Waals surface area contributed by atoms with E-state index in [4.69, 9.17) is 13.9 Å². The van der Waals surface area contributed by atoms with E-state index >= 15 is 0 Å². The van der Waals surface area contributed by atoms with Crippen molar-refractivity contribution in [3.8, 4) is 11.5 Å². The maximum absolute atomic E-state index is 13.9. The van der Waals surface area contributed by atoms with Gasteiger partial charge in [0.25, 0.3) is 5.91 Å². The molecule has 1 atom stereocenters. The molecule has 0 spiro atoms. The molecule has 1 aromatic heterocycles. The summed E-state index contributed by atoms with van der Waals surface area (Å²) in [4.78, 5) is 29.4. The Bertz CT molecular complexity index is 1600. The van der Waals surface area contributed by atoms with Crippen molar-refractivity contribution in [2.75, 3.05) is 18.1 Å². The molecule has 4 aromatic rings. The SMILES string of the molecule is C=CCOc1ccc(C2c3c(oc4ccc(C)cc4c3=O)C(=O)N2c2ccc(C)c(C)c2)cc1OCC. The molecule has 188 valence electrons. The van der Waals surface area contributed by atoms with Crippen molar-refractivity contribution < 1.29 is 18.7 Å². The molecule has 0 radical (unpaired) electrons. The first-order chi connectivity index (χ1) is 17.8. The van der Waals surface area contributed by atoms with E-state index in [1.165, 1.54) is 0 Å². The zero-order valence-corrected chi connectivity index (χ0v) is 21.5. The van der Waals surface area contributed by atoms with Crippen LogP contribution in [0.15, 0.2) is 76.5 Å². The number of rotatable bonds is 7. The molecule has 6 heteroatoms. The Labute approximate surface area is 215 Å². The first-order valence-electron chi connectivity index (χ1n) is 12.3. The third-order valence-corrected chi connectivity index (χ3v) is 6.73. The van der Waals surface area contributed by atoms with Gasteiger partial charge in [-0.1, -0.05) is 36.4 Å². The third-order valence-electron chi connectivity index (χ3n) is 6.73. The molecule has 1 aliphatic rings. The number of amides is 1. The van der Waals surface area contributed by atoms with Crippen LogP contribution in [0.3, 0.4) is 0 Å². The fourth-order valence-corrected chi connectivity index (χ4v) is 4.77. The van der Waals surface area contributed by atoms with Crippen LogP contribution in [0.25, 0.3) is 11.0 Å². The summed E-state index contributed by atoms with van der Waals surface area (Å²) in [7, 11) is 0. The lowest BCUT2D eigenvalue weighted by Gasteiger charge is -2.26. The molecule has 37 heavy (non-hydrogen) atoms. The van der Waals surface area contributed by atoms with Crippen molar-refractivity contribution in [1.29, 1.82) is 0 Å². The Hall–Kier alpha value is -4.32. The summed E-state index contributed by atoms with van der Waals surface area (Å²) in [5.74, 6) is 0.806. The van der Waals surface area contributed by atoms with E-state index < -0.39 is 6.04 Å². The van der Waals surface area contributed by atoms with Crippen LogP contribution < -0.4 is 19.8 Å². The van der Waals surface area contributed by atoms with Gasteiger partial charge in [0.1, 0.15) is 12.2 Å². The van der Waals surface area contributed by atoms with Crippen LogP contribution in [0.5, 0.6) is 11.5 Å². The minimum atomic E-state index is -0.696. The second-order valence-electron chi connectivity index (χ2n) is 9.26. The Morgan fingerprint density at radius 1 is 0.946 bits per heavy atom. The topological polar surface area (TPSA) is 69.0 Å². The normalized spacial score (nSPS) is 14.6. The van der Waals surface area contributed by atoms with E-state index in [9.17, 15) is 9.59 Å². The fraction of sp³-hybridized carbons (Fsp3) is 0.226. The number of aryl methyl sites for hydroxylation is 3. The van der Waals surface area contributed by atoms with Gasteiger partial charge in [0, 0.05) is 5.69 Å². The van der Waals surface area contributed by atoms with Crippen LogP contribution in [0.2, 0.25) is 0 Å². The molecular weight excluding hydrogens is 466 g/mol. The summed E-state index contributed by atoms with van der Waals surface area (Å²) in [5, 5.41) is 0.453. The summed E-state index contributed by atoms with van der Waals surface area (Å²) in [6.07, 6.45) is 1.66. The molecule has 0 saturated carbocycles. The first kappa shape index (κ1) is 24.4. The molecule has 0 bridgehead atoms. The number of hydrogen-bond acceptors (Lipinski definition) is 5. The van der Waals surface area contributed by atoms with Crippen LogP contribution in [-0.4, -0.2) is 19.1 Å². The van der Waals surface area contributed by atoms with Gasteiger partial charge in [0.2, 0.25) is 5.76 Å². The molecule has 1 aliphatic heterocycles. The van der Waals surface area contributed by atoms with E-state index in [1.807, 2.05) is 64.1 Å². The molecule has 0 fully saturated rings. The van der Waals surface area contributed by atoms with Gasteiger partial charge in [0.05, 0.1) is 23.6 Å². The number of ether oxygens (including phenoxy) is 2. The summed E-state index contributed by atoms with van der Waals surface area (Å²) in [5.41, 5.74) is 5.01. The van der Waals surface area contributed by atoms with Gasteiger partial charge in [0.15, 0.2) is 16.9 Å². The van der Waals surface area contributed by atoms with E-state index in [0.29, 0.717) is 46.9 Å². The molecule has 0 aliphatic carbocycles. The third kappa shape index (κ3) is 4.18. The predicted molar refractivity (Wildman–Crippen MR) is 145 cm³/mol. The summed E-state index contributed by atoms with van der Waals surface area (Å²) in [6, 6.07) is 16.1. The number of carbonyl (C=O) groups is 1. The number of benzene rings is 3. The van der Waals surface area contributed by atoms with Crippen LogP contribution in [-0.2, 0) is 0 Å². The molecule has 6 nitrogen and oxygen atoms in total. The molecular formula is C31H29NO5. The minimum Gasteiger partial charge on any atom is -0.490 e. The van der Waals surface area contributed by atoms with Crippen molar-refractivity contribution in [3.05, 3.63) is 111 Å². The number of carbonyl (C=O) groups excluding carboxylic acids is 1. The van der Waals surface area contributed by atoms with Gasteiger partial charge in [-0.3, -0.25) is 14.5 Å². The number of fused-ring (bicyclic) bond motifs is 2. The number of hydrogen-bond donors (Lipinski definition) is 0. The van der Waals surface area contributed by atoms with Gasteiger partial charge >= 0.3 is 0 Å². The van der Waals surface area contributed by atoms with Crippen LogP contribution in [0.1, 0.15) is 51.3 Å². The van der Waals surface area contributed by atoms with Crippen molar-refractivity contribution >= 4 is 22.6 Å². The summed E-state index contributed by atoms with van der Waals surface area (Å²) < 4.78 is 17.8. The van der Waals surface area contributed by atoms with E-state index in [-0.39, 0.29) is 17.1 Å². The average molecular weight is 496 g/mol. The maximum atomic E-state index is 13.9. The lowest BCUT2D eigenvalue weighted by Crippen LogP contribution is -2.29. The highest BCUT2D eigenvalue weighted by atomic mass is 16.5. The fourth-order valence-electron chi connectivity index (χ4n) is 4.77. The quantitative estimate of drug-likeness (QED) is 0.276. The van der Waals surface area contributed by atoms with Gasteiger partial charge in [-0.15, -0.1) is 0 Å². The van der Waals surface area contributed by atoms with Crippen molar-refractivity contribution in [1.82, 2.24) is 0 Å². The molecule has 1 unspecified atom stereocenters. The molecule has 1 amide bonds. The van der Waals surface area contributed by atoms with Gasteiger partial charge in [-0.25, -0.2) is 0 Å². The van der Waals surface area contributed by atoms with E-state index in [1.54, 1.807) is 29.2 Å². The Morgan fingerprint density at radius 2 is 1.76 bits per heavy atom. The van der Waals surface area contributed by atoms with Crippen LogP contribution in [0, 0.1) is 20.8 Å². The molecule has 0 N–H and O–H groups in total. The summed E-state index contributed by atoms with van der Waals surface area (Å²) in [6.45, 7) is 12.3. The smallest absolute Gasteiger partial charge is 0.295 e. The number of nitrogens with zero attached hydrogens (tertiary/aromatic N) is 1. The highest BCUT2D eigenvalue weighted by Crippen LogP contribution is 2.43. The van der Waals surface area contributed by atoms with Gasteiger partial charge < -0.3 is 13.9 Å². The molecule has 0 saturated heterocycles. The van der Waals surface area contributed by atoms with Crippen molar-refractivity contribution in [2.24, 2.45) is 0 Å². The Balaban J connectivity index is 1.77. The van der Waals surface area contributed by atoms with Crippen LogP contribution >= 0.6 is 0 Å². The average Bonchev–Trinajstić information content (AvgIpc) is 3.18. The van der Waals surface area contributed by atoms with E-state index in [0.717, 1.165) is 22.3 Å². The van der Waals surface area contributed by atoms with E-state index in [2.05, 4.69) is 6.58 Å². The lowest BCUT2D eigenvalue weighted by atomic mass is 9.97. The largest absolute Gasteiger partial charge is 0.490 e. The number of anilines is 1. The molecule has 5 rings (SSSR count). The second-order valence-corrected chi connectivity index (χ2v) is 9.26. The molecule has 3 aromatic carbocycles. The Morgan fingerprint density at radius 3 is 2.49 bits per heavy atom. The van der Waals surface area contributed by atoms with Crippen LogP contribution in [0.4, 0.5) is 5.69 Å². The Kier molecular flexibility index (Phi) is 6.34. The second kappa shape index (κ2) is 9.62. The maximum Gasteiger partial charge on any atom is 0.295 e. The highest BCUT2D eigenvalue weighted by molar-refractivity contribution is 6.10. The zero-order chi connectivity index (χ0) is 26.3. The van der Waals surface area contributed by atoms with Gasteiger partial charge in [-0.05, 0) is 80.8 Å². The summed E-state index contributed by atoms with van der Waals surface area (Å²) >= 11 is 0. The van der Waals surface area contributed by atoms with Crippen molar-refractivity contribution in [3.63, 3.8) is 0 Å². The highest BCUT2D eigenvalue weighted by Gasteiger charge is 2.44.